The van der Waals surface area contributed by atoms with Crippen molar-refractivity contribution < 1.29 is 4.39 Å². The molecule has 0 saturated heterocycles. The van der Waals surface area contributed by atoms with Crippen molar-refractivity contribution in [2.75, 3.05) is 11.9 Å². The van der Waals surface area contributed by atoms with Crippen LogP contribution >= 0.6 is 22.6 Å². The predicted molar refractivity (Wildman–Crippen MR) is 58.5 cm³/mol. The third-order valence-electron chi connectivity index (χ3n) is 2.11. The second kappa shape index (κ2) is 3.40. The average Bonchev–Trinajstić information content (AvgIpc) is 2.84. The molecule has 1 aromatic rings. The van der Waals surface area contributed by atoms with Crippen LogP contribution in [0.15, 0.2) is 18.3 Å². The molecule has 0 aliphatic heterocycles. The standard InChI is InChI=1S/C9H10FIN2/c10-9(3-4-9)6-13-8-2-1-7(11)5-12-8/h1-2,5H,3-4,6H2,(H,12,13). The molecule has 1 saturated carbocycles. The van der Waals surface area contributed by atoms with Gasteiger partial charge in [-0.25, -0.2) is 9.37 Å². The summed E-state index contributed by atoms with van der Waals surface area (Å²) in [7, 11) is 0. The molecular weight excluding hydrogens is 282 g/mol. The Labute approximate surface area is 90.1 Å². The van der Waals surface area contributed by atoms with Gasteiger partial charge < -0.3 is 5.32 Å². The van der Waals surface area contributed by atoms with Gasteiger partial charge in [-0.05, 0) is 47.6 Å². The number of alkyl halides is 1. The Morgan fingerprint density at radius 1 is 1.54 bits per heavy atom. The molecule has 1 heterocycles. The Balaban J connectivity index is 1.91. The molecule has 2 nitrogen and oxygen atoms in total. The summed E-state index contributed by atoms with van der Waals surface area (Å²) in [5.41, 5.74) is -0.954. The van der Waals surface area contributed by atoms with Gasteiger partial charge in [-0.3, -0.25) is 0 Å². The highest BCUT2D eigenvalue weighted by atomic mass is 127. The van der Waals surface area contributed by atoms with Gasteiger partial charge in [0.1, 0.15) is 11.5 Å². The fourth-order valence-corrected chi connectivity index (χ4v) is 1.36. The number of rotatable bonds is 3. The van der Waals surface area contributed by atoms with Crippen molar-refractivity contribution in [2.45, 2.75) is 18.5 Å². The van der Waals surface area contributed by atoms with Crippen LogP contribution in [0.25, 0.3) is 0 Å². The first kappa shape index (κ1) is 9.18. The fourth-order valence-electron chi connectivity index (χ4n) is 1.04. The smallest absolute Gasteiger partial charge is 0.128 e. The number of hydrogen-bond donors (Lipinski definition) is 1. The SMILES string of the molecule is FC1(CNc2ccc(I)cn2)CC1. The van der Waals surface area contributed by atoms with E-state index in [4.69, 9.17) is 0 Å². The topological polar surface area (TPSA) is 24.9 Å². The molecule has 1 fully saturated rings. The Hall–Kier alpha value is -0.390. The molecule has 1 aliphatic rings. The van der Waals surface area contributed by atoms with E-state index in [1.165, 1.54) is 0 Å². The van der Waals surface area contributed by atoms with E-state index < -0.39 is 5.67 Å². The van der Waals surface area contributed by atoms with Crippen LogP contribution in [0.5, 0.6) is 0 Å². The Morgan fingerprint density at radius 3 is 2.85 bits per heavy atom. The van der Waals surface area contributed by atoms with Gasteiger partial charge in [0.25, 0.3) is 0 Å². The summed E-state index contributed by atoms with van der Waals surface area (Å²) in [6.07, 6.45) is 3.13. The van der Waals surface area contributed by atoms with E-state index in [0.29, 0.717) is 19.4 Å². The lowest BCUT2D eigenvalue weighted by molar-refractivity contribution is 0.326. The summed E-state index contributed by atoms with van der Waals surface area (Å²) in [5.74, 6) is 0.754. The van der Waals surface area contributed by atoms with Gasteiger partial charge in [-0.1, -0.05) is 0 Å². The average molecular weight is 292 g/mol. The quantitative estimate of drug-likeness (QED) is 0.866. The molecule has 2 rings (SSSR count). The fraction of sp³-hybridized carbons (Fsp3) is 0.444. The highest BCUT2D eigenvalue weighted by Gasteiger charge is 2.42. The molecule has 0 bridgehead atoms. The van der Waals surface area contributed by atoms with Crippen molar-refractivity contribution in [1.82, 2.24) is 4.98 Å². The van der Waals surface area contributed by atoms with E-state index in [1.54, 1.807) is 6.20 Å². The largest absolute Gasteiger partial charge is 0.367 e. The normalized spacial score (nSPS) is 18.3. The predicted octanol–water partition coefficient (Wildman–Crippen LogP) is 2.60. The van der Waals surface area contributed by atoms with Gasteiger partial charge in [-0.2, -0.15) is 0 Å². The van der Waals surface area contributed by atoms with Crippen LogP contribution in [0, 0.1) is 3.57 Å². The van der Waals surface area contributed by atoms with E-state index in [2.05, 4.69) is 32.9 Å². The van der Waals surface area contributed by atoms with Crippen LogP contribution in [-0.2, 0) is 0 Å². The minimum Gasteiger partial charge on any atom is -0.367 e. The summed E-state index contributed by atoms with van der Waals surface area (Å²) in [5, 5.41) is 2.98. The van der Waals surface area contributed by atoms with E-state index in [0.717, 1.165) is 9.39 Å². The molecule has 1 N–H and O–H groups in total. The number of pyridine rings is 1. The summed E-state index contributed by atoms with van der Waals surface area (Å²) >= 11 is 2.19. The number of nitrogens with one attached hydrogen (secondary N) is 1. The summed E-state index contributed by atoms with van der Waals surface area (Å²) in [6.45, 7) is 0.389. The Kier molecular flexibility index (Phi) is 2.40. The number of halogens is 2. The van der Waals surface area contributed by atoms with E-state index in [1.807, 2.05) is 12.1 Å². The Morgan fingerprint density at radius 2 is 2.31 bits per heavy atom. The van der Waals surface area contributed by atoms with Gasteiger partial charge in [0.05, 0.1) is 6.54 Å². The van der Waals surface area contributed by atoms with Crippen LogP contribution in [0.4, 0.5) is 10.2 Å². The van der Waals surface area contributed by atoms with Gasteiger partial charge >= 0.3 is 0 Å². The minimum absolute atomic E-state index is 0.389. The summed E-state index contributed by atoms with van der Waals surface area (Å²) in [4.78, 5) is 4.12. The van der Waals surface area contributed by atoms with Crippen LogP contribution in [-0.4, -0.2) is 17.2 Å². The third kappa shape index (κ3) is 2.52. The zero-order valence-electron chi connectivity index (χ0n) is 7.06. The lowest BCUT2D eigenvalue weighted by atomic mass is 10.3. The molecular formula is C9H10FIN2. The maximum atomic E-state index is 13.2. The number of nitrogens with zero attached hydrogens (tertiary/aromatic N) is 1. The van der Waals surface area contributed by atoms with E-state index in [-0.39, 0.29) is 0 Å². The highest BCUT2D eigenvalue weighted by molar-refractivity contribution is 14.1. The molecule has 13 heavy (non-hydrogen) atoms. The molecule has 1 aliphatic carbocycles. The van der Waals surface area contributed by atoms with Crippen molar-refractivity contribution in [2.24, 2.45) is 0 Å². The molecule has 0 spiro atoms. The highest BCUT2D eigenvalue weighted by Crippen LogP contribution is 2.39. The molecule has 0 radical (unpaired) electrons. The third-order valence-corrected chi connectivity index (χ3v) is 2.74. The van der Waals surface area contributed by atoms with Crippen molar-refractivity contribution in [1.29, 1.82) is 0 Å². The maximum absolute atomic E-state index is 13.2. The lowest BCUT2D eigenvalue weighted by Gasteiger charge is -2.07. The molecule has 0 aromatic carbocycles. The van der Waals surface area contributed by atoms with Crippen molar-refractivity contribution in [3.05, 3.63) is 21.9 Å². The maximum Gasteiger partial charge on any atom is 0.128 e. The molecule has 1 aromatic heterocycles. The minimum atomic E-state index is -0.954. The zero-order chi connectivity index (χ0) is 9.31. The molecule has 4 heteroatoms. The van der Waals surface area contributed by atoms with Crippen LogP contribution in [0.2, 0.25) is 0 Å². The lowest BCUT2D eigenvalue weighted by Crippen LogP contribution is -2.16. The monoisotopic (exact) mass is 292 g/mol. The summed E-state index contributed by atoms with van der Waals surface area (Å²) in [6, 6.07) is 3.82. The van der Waals surface area contributed by atoms with Crippen LogP contribution in [0.1, 0.15) is 12.8 Å². The first-order valence-corrected chi connectivity index (χ1v) is 5.30. The zero-order valence-corrected chi connectivity index (χ0v) is 9.21. The molecule has 0 unspecified atom stereocenters. The Bertz CT molecular complexity index is 295. The van der Waals surface area contributed by atoms with Crippen molar-refractivity contribution >= 4 is 28.4 Å². The number of anilines is 1. The van der Waals surface area contributed by atoms with Gasteiger partial charge in [0.15, 0.2) is 0 Å². The van der Waals surface area contributed by atoms with E-state index in [9.17, 15) is 4.39 Å². The number of aromatic nitrogens is 1. The van der Waals surface area contributed by atoms with Crippen molar-refractivity contribution in [3.8, 4) is 0 Å². The number of hydrogen-bond acceptors (Lipinski definition) is 2. The second-order valence-corrected chi connectivity index (χ2v) is 4.61. The van der Waals surface area contributed by atoms with Crippen LogP contribution < -0.4 is 5.32 Å². The molecule has 0 amide bonds. The first-order valence-electron chi connectivity index (χ1n) is 4.22. The van der Waals surface area contributed by atoms with Gasteiger partial charge in [0.2, 0.25) is 0 Å². The summed E-state index contributed by atoms with van der Waals surface area (Å²) < 4.78 is 14.3. The first-order chi connectivity index (χ1) is 6.18. The second-order valence-electron chi connectivity index (χ2n) is 3.37. The molecule has 70 valence electrons. The molecule has 0 atom stereocenters. The van der Waals surface area contributed by atoms with Crippen molar-refractivity contribution in [3.63, 3.8) is 0 Å². The van der Waals surface area contributed by atoms with Gasteiger partial charge in [-0.15, -0.1) is 0 Å². The van der Waals surface area contributed by atoms with Gasteiger partial charge in [0, 0.05) is 9.77 Å². The van der Waals surface area contributed by atoms with Crippen LogP contribution in [0.3, 0.4) is 0 Å². The van der Waals surface area contributed by atoms with E-state index >= 15 is 0 Å².